The minimum Gasteiger partial charge on any atom is -0.468 e. The average molecular weight is 903 g/mol. The summed E-state index contributed by atoms with van der Waals surface area (Å²) in [5, 5.41) is 13.3. The molecule has 4 amide bonds. The molecule has 1 aliphatic rings. The van der Waals surface area contributed by atoms with Crippen LogP contribution in [0, 0.1) is 6.92 Å². The molecule has 0 bridgehead atoms. The van der Waals surface area contributed by atoms with E-state index in [1.54, 1.807) is 92.0 Å². The number of amides is 4. The highest BCUT2D eigenvalue weighted by Gasteiger charge is 2.37. The molecule has 2 aromatic heterocycles. The maximum absolute atomic E-state index is 14.5. The van der Waals surface area contributed by atoms with Crippen molar-refractivity contribution in [2.75, 3.05) is 96.3 Å². The van der Waals surface area contributed by atoms with Gasteiger partial charge in [0.05, 0.1) is 44.4 Å². The molecule has 1 aliphatic heterocycles. The van der Waals surface area contributed by atoms with Crippen molar-refractivity contribution in [3.8, 4) is 11.5 Å². The molecule has 6 rings (SSSR count). The molecule has 5 aromatic rings. The monoisotopic (exact) mass is 902 g/mol. The summed E-state index contributed by atoms with van der Waals surface area (Å²) in [6, 6.07) is 17.4. The number of imidazole rings is 1. The summed E-state index contributed by atoms with van der Waals surface area (Å²) in [4.78, 5) is 63.5. The van der Waals surface area contributed by atoms with Crippen molar-refractivity contribution in [1.82, 2.24) is 19.2 Å². The maximum atomic E-state index is 14.5. The van der Waals surface area contributed by atoms with Crippen LogP contribution in [0.5, 0.6) is 11.5 Å². The molecule has 0 saturated carbocycles. The lowest BCUT2D eigenvalue weighted by molar-refractivity contribution is 0.0225. The van der Waals surface area contributed by atoms with Crippen molar-refractivity contribution in [3.05, 3.63) is 95.4 Å². The van der Waals surface area contributed by atoms with Gasteiger partial charge < -0.3 is 57.9 Å². The third-order valence-electron chi connectivity index (χ3n) is 10.3. The Labute approximate surface area is 376 Å². The predicted octanol–water partition coefficient (Wildman–Crippen LogP) is 6.71. The molecule has 0 fully saturated rings. The normalized spacial score (nSPS) is 13.5. The van der Waals surface area contributed by atoms with E-state index in [4.69, 9.17) is 45.1 Å². The van der Waals surface area contributed by atoms with Gasteiger partial charge in [-0.05, 0) is 80.6 Å². The smallest absolute Gasteiger partial charge is 0.415 e. The fourth-order valence-electron chi connectivity index (χ4n) is 7.14. The zero-order valence-electron chi connectivity index (χ0n) is 36.9. The first-order valence-electron chi connectivity index (χ1n) is 20.8. The molecule has 0 unspecified atom stereocenters. The van der Waals surface area contributed by atoms with Gasteiger partial charge in [0.15, 0.2) is 6.79 Å². The van der Waals surface area contributed by atoms with Crippen LogP contribution in [0.25, 0.3) is 16.4 Å². The Morgan fingerprint density at radius 2 is 1.69 bits per heavy atom. The lowest BCUT2D eigenvalue weighted by Crippen LogP contribution is -2.43. The summed E-state index contributed by atoms with van der Waals surface area (Å²) < 4.78 is 34.7. The van der Waals surface area contributed by atoms with E-state index in [0.717, 1.165) is 16.5 Å². The molecule has 17 nitrogen and oxygen atoms in total. The van der Waals surface area contributed by atoms with Crippen LogP contribution < -0.4 is 19.7 Å². The summed E-state index contributed by atoms with van der Waals surface area (Å²) in [7, 11) is 3.11. The average Bonchev–Trinajstić information content (AvgIpc) is 3.87. The number of hydrogen-bond acceptors (Lipinski definition) is 12. The van der Waals surface area contributed by atoms with E-state index in [1.165, 1.54) is 16.9 Å². The molecular formula is C46H55ClN6O11. The van der Waals surface area contributed by atoms with Crippen molar-refractivity contribution in [2.45, 2.75) is 39.2 Å². The number of halogens is 1. The highest BCUT2D eigenvalue weighted by atomic mass is 35.5. The van der Waals surface area contributed by atoms with Crippen LogP contribution in [0.3, 0.4) is 0 Å². The Balaban J connectivity index is 1.25. The minimum absolute atomic E-state index is 0.0897. The Hall–Kier alpha value is -5.98. The minimum atomic E-state index is -0.704. The van der Waals surface area contributed by atoms with E-state index in [0.29, 0.717) is 33.7 Å². The molecular weight excluding hydrogens is 848 g/mol. The summed E-state index contributed by atoms with van der Waals surface area (Å²) >= 11 is 6.62. The molecule has 3 heterocycles. The van der Waals surface area contributed by atoms with E-state index in [2.05, 4.69) is 10.3 Å². The molecule has 342 valence electrons. The fourth-order valence-corrected chi connectivity index (χ4v) is 7.40. The van der Waals surface area contributed by atoms with Gasteiger partial charge in [0.25, 0.3) is 11.8 Å². The lowest BCUT2D eigenvalue weighted by Gasteiger charge is -2.28. The number of pyridine rings is 1. The van der Waals surface area contributed by atoms with E-state index in [-0.39, 0.29) is 95.2 Å². The Kier molecular flexibility index (Phi) is 16.0. The van der Waals surface area contributed by atoms with Gasteiger partial charge in [0.1, 0.15) is 28.4 Å². The van der Waals surface area contributed by atoms with Gasteiger partial charge in [-0.25, -0.2) is 14.6 Å². The zero-order valence-corrected chi connectivity index (χ0v) is 37.7. The number of fused-ring (bicyclic) bond motifs is 4. The van der Waals surface area contributed by atoms with Crippen LogP contribution in [0.1, 0.15) is 58.7 Å². The maximum Gasteiger partial charge on any atom is 0.415 e. The Morgan fingerprint density at radius 3 is 2.39 bits per heavy atom. The van der Waals surface area contributed by atoms with Gasteiger partial charge in [0, 0.05) is 81.5 Å². The largest absolute Gasteiger partial charge is 0.468 e. The number of aryl methyl sites for hydroxylation is 1. The molecule has 0 saturated heterocycles. The number of carbonyl (C=O) groups excluding carboxylic acids is 4. The number of aliphatic hydroxyl groups is 1. The van der Waals surface area contributed by atoms with E-state index in [1.807, 2.05) is 25.1 Å². The number of ether oxygens (including phenoxy) is 6. The third kappa shape index (κ3) is 11.8. The SMILES string of the molecule is COCOc1ccc(C(=O)Nc2ccc3nc(C(=O)N4C[C@@H](CCl)c5c4cc(OC(=O)N(CCOCCOCCO)CCN(C)C(=O)OC(C)(C)C)c4cccc(C)c54)cn3c2)cc1. The first-order chi connectivity index (χ1) is 30.7. The van der Waals surface area contributed by atoms with E-state index >= 15 is 0 Å². The van der Waals surface area contributed by atoms with Crippen LogP contribution in [0.15, 0.2) is 73.1 Å². The van der Waals surface area contributed by atoms with Crippen molar-refractivity contribution in [1.29, 1.82) is 0 Å². The highest BCUT2D eigenvalue weighted by molar-refractivity contribution is 6.19. The number of hydrogen-bond donors (Lipinski definition) is 2. The highest BCUT2D eigenvalue weighted by Crippen LogP contribution is 2.47. The number of alkyl halides is 1. The van der Waals surface area contributed by atoms with Crippen molar-refractivity contribution in [3.63, 3.8) is 0 Å². The summed E-state index contributed by atoms with van der Waals surface area (Å²) in [6.45, 7) is 8.72. The number of benzene rings is 3. The van der Waals surface area contributed by atoms with Crippen LogP contribution >= 0.6 is 11.6 Å². The number of rotatable bonds is 19. The number of aliphatic hydroxyl groups excluding tert-OH is 1. The first-order valence-corrected chi connectivity index (χ1v) is 21.4. The van der Waals surface area contributed by atoms with Crippen molar-refractivity contribution >= 4 is 63.4 Å². The number of carbonyl (C=O) groups is 4. The number of likely N-dealkylation sites (N-methyl/N-ethyl adjacent to an activating group) is 1. The molecule has 64 heavy (non-hydrogen) atoms. The second kappa shape index (κ2) is 21.6. The Bertz CT molecular complexity index is 2440. The van der Waals surface area contributed by atoms with Gasteiger partial charge in [-0.3, -0.25) is 9.59 Å². The summed E-state index contributed by atoms with van der Waals surface area (Å²) in [6.07, 6.45) is 2.04. The second-order valence-electron chi connectivity index (χ2n) is 16.1. The molecule has 2 N–H and O–H groups in total. The fraction of sp³-hybridized carbons (Fsp3) is 0.413. The van der Waals surface area contributed by atoms with Gasteiger partial charge >= 0.3 is 12.2 Å². The zero-order chi connectivity index (χ0) is 46.0. The van der Waals surface area contributed by atoms with Crippen LogP contribution in [-0.4, -0.2) is 140 Å². The van der Waals surface area contributed by atoms with E-state index < -0.39 is 23.7 Å². The molecule has 0 spiro atoms. The molecule has 3 aromatic carbocycles. The van der Waals surface area contributed by atoms with Crippen LogP contribution in [0.4, 0.5) is 21.0 Å². The van der Waals surface area contributed by atoms with Gasteiger partial charge in [0.2, 0.25) is 0 Å². The van der Waals surface area contributed by atoms with Crippen molar-refractivity contribution in [2.24, 2.45) is 0 Å². The lowest BCUT2D eigenvalue weighted by atomic mass is 9.92. The van der Waals surface area contributed by atoms with Gasteiger partial charge in [-0.2, -0.15) is 0 Å². The third-order valence-corrected chi connectivity index (χ3v) is 10.6. The molecule has 0 aliphatic carbocycles. The molecule has 1 atom stereocenters. The van der Waals surface area contributed by atoms with Gasteiger partial charge in [-0.15, -0.1) is 11.6 Å². The summed E-state index contributed by atoms with van der Waals surface area (Å²) in [5.41, 5.74) is 3.14. The van der Waals surface area contributed by atoms with Crippen LogP contribution in [0.2, 0.25) is 0 Å². The number of nitrogens with zero attached hydrogens (tertiary/aromatic N) is 5. The Morgan fingerprint density at radius 1 is 0.938 bits per heavy atom. The first kappa shape index (κ1) is 47.5. The number of aromatic nitrogens is 2. The number of nitrogens with one attached hydrogen (secondary N) is 1. The number of anilines is 2. The quantitative estimate of drug-likeness (QED) is 0.0509. The summed E-state index contributed by atoms with van der Waals surface area (Å²) in [5.74, 6) is 0.0438. The molecule has 18 heteroatoms. The predicted molar refractivity (Wildman–Crippen MR) is 241 cm³/mol. The van der Waals surface area contributed by atoms with Crippen LogP contribution in [-0.2, 0) is 18.9 Å². The molecule has 0 radical (unpaired) electrons. The van der Waals surface area contributed by atoms with E-state index in [9.17, 15) is 19.2 Å². The van der Waals surface area contributed by atoms with Crippen molar-refractivity contribution < 1.29 is 52.7 Å². The number of methoxy groups -OCH3 is 1. The standard InChI is InChI=1S/C46H55ClN6O11/c1-30-8-7-9-35-38(63-45(58)51(18-20-60-22-23-61-21-19-54)17-16-50(5)44(57)64-46(2,3)4)24-37-41(40(30)35)32(25-47)26-53(37)43(56)36-28-52-27-33(12-15-39(52)49-36)48-42(55)31-10-13-34(14-11-31)62-29-59-6/h7-15,24,27-28,32,54H,16-23,25-26,29H2,1-6H3,(H,48,55)/t32-/m1/s1. The topological polar surface area (TPSA) is 183 Å². The van der Waals surface area contributed by atoms with Gasteiger partial charge in [-0.1, -0.05) is 18.2 Å². The second-order valence-corrected chi connectivity index (χ2v) is 16.4.